The van der Waals surface area contributed by atoms with E-state index in [4.69, 9.17) is 9.47 Å². The summed E-state index contributed by atoms with van der Waals surface area (Å²) < 4.78 is 10.4. The number of ether oxygens (including phenoxy) is 2. The summed E-state index contributed by atoms with van der Waals surface area (Å²) in [5.41, 5.74) is 0.452. The molecule has 2 aromatic rings. The van der Waals surface area contributed by atoms with Crippen LogP contribution < -0.4 is 14.8 Å². The van der Waals surface area contributed by atoms with Gasteiger partial charge in [0.25, 0.3) is 0 Å². The lowest BCUT2D eigenvalue weighted by Crippen LogP contribution is -2.46. The Labute approximate surface area is 165 Å². The molecule has 0 aliphatic carbocycles. The molecule has 2 N–H and O–H groups in total. The van der Waals surface area contributed by atoms with Crippen molar-refractivity contribution in [2.45, 2.75) is 38.1 Å². The van der Waals surface area contributed by atoms with Gasteiger partial charge in [0.05, 0.1) is 32.1 Å². The van der Waals surface area contributed by atoms with Crippen molar-refractivity contribution >= 4 is 11.9 Å². The SMILES string of the molecule is CCC(C(=O)NC(C)(CC(=O)O)c1cccc(OC)c1)c1ccc(OC)cc1. The zero-order valence-corrected chi connectivity index (χ0v) is 16.7. The van der Waals surface area contributed by atoms with Crippen LogP contribution in [0.5, 0.6) is 11.5 Å². The van der Waals surface area contributed by atoms with Gasteiger partial charge in [0, 0.05) is 0 Å². The molecule has 28 heavy (non-hydrogen) atoms. The summed E-state index contributed by atoms with van der Waals surface area (Å²) in [6.45, 7) is 3.64. The predicted molar refractivity (Wildman–Crippen MR) is 107 cm³/mol. The molecule has 150 valence electrons. The number of rotatable bonds is 9. The maximum Gasteiger partial charge on any atom is 0.306 e. The van der Waals surface area contributed by atoms with Crippen molar-refractivity contribution in [3.05, 3.63) is 59.7 Å². The highest BCUT2D eigenvalue weighted by Crippen LogP contribution is 2.30. The fourth-order valence-corrected chi connectivity index (χ4v) is 3.25. The largest absolute Gasteiger partial charge is 0.497 e. The normalized spacial score (nSPS) is 13.9. The quantitative estimate of drug-likeness (QED) is 0.687. The second-order valence-electron chi connectivity index (χ2n) is 6.86. The average Bonchev–Trinajstić information content (AvgIpc) is 2.68. The molecule has 0 spiro atoms. The van der Waals surface area contributed by atoms with Gasteiger partial charge in [-0.3, -0.25) is 9.59 Å². The van der Waals surface area contributed by atoms with Crippen molar-refractivity contribution in [1.82, 2.24) is 5.32 Å². The molecule has 0 bridgehead atoms. The van der Waals surface area contributed by atoms with Gasteiger partial charge in [0.2, 0.25) is 5.91 Å². The molecule has 0 heterocycles. The highest BCUT2D eigenvalue weighted by atomic mass is 16.5. The van der Waals surface area contributed by atoms with Crippen LogP contribution in [0.25, 0.3) is 0 Å². The van der Waals surface area contributed by atoms with Crippen molar-refractivity contribution in [2.24, 2.45) is 0 Å². The van der Waals surface area contributed by atoms with E-state index in [0.717, 1.165) is 5.56 Å². The van der Waals surface area contributed by atoms with Crippen LogP contribution in [-0.4, -0.2) is 31.2 Å². The summed E-state index contributed by atoms with van der Waals surface area (Å²) in [4.78, 5) is 24.6. The minimum atomic E-state index is -1.07. The van der Waals surface area contributed by atoms with Crippen molar-refractivity contribution in [3.8, 4) is 11.5 Å². The summed E-state index contributed by atoms with van der Waals surface area (Å²) in [5, 5.41) is 12.4. The summed E-state index contributed by atoms with van der Waals surface area (Å²) in [6.07, 6.45) is 0.338. The molecule has 2 rings (SSSR count). The van der Waals surface area contributed by atoms with Crippen LogP contribution in [0, 0.1) is 0 Å². The molecule has 0 radical (unpaired) electrons. The number of hydrogen-bond donors (Lipinski definition) is 2. The molecule has 1 amide bonds. The van der Waals surface area contributed by atoms with E-state index in [2.05, 4.69) is 5.32 Å². The van der Waals surface area contributed by atoms with Crippen LogP contribution in [0.4, 0.5) is 0 Å². The third-order valence-corrected chi connectivity index (χ3v) is 4.85. The minimum Gasteiger partial charge on any atom is -0.497 e. The molecule has 6 heteroatoms. The molecular formula is C22H27NO5. The van der Waals surface area contributed by atoms with Crippen LogP contribution in [0.2, 0.25) is 0 Å². The number of amides is 1. The van der Waals surface area contributed by atoms with E-state index < -0.39 is 17.4 Å². The molecule has 0 saturated carbocycles. The zero-order chi connectivity index (χ0) is 20.7. The van der Waals surface area contributed by atoms with E-state index in [1.165, 1.54) is 0 Å². The maximum atomic E-state index is 13.1. The Bertz CT molecular complexity index is 818. The molecular weight excluding hydrogens is 358 g/mol. The number of carboxylic acids is 1. The zero-order valence-electron chi connectivity index (χ0n) is 16.7. The second-order valence-corrected chi connectivity index (χ2v) is 6.86. The van der Waals surface area contributed by atoms with Gasteiger partial charge in [-0.25, -0.2) is 0 Å². The molecule has 0 saturated heterocycles. The fourth-order valence-electron chi connectivity index (χ4n) is 3.25. The van der Waals surface area contributed by atoms with Crippen LogP contribution in [0.15, 0.2) is 48.5 Å². The van der Waals surface area contributed by atoms with Crippen LogP contribution in [0.3, 0.4) is 0 Å². The van der Waals surface area contributed by atoms with Crippen molar-refractivity contribution in [3.63, 3.8) is 0 Å². The number of carbonyl (C=O) groups is 2. The third kappa shape index (κ3) is 5.03. The standard InChI is InChI=1S/C22H27NO5/c1-5-19(15-9-11-17(27-3)12-10-15)21(26)23-22(2,14-20(24)25)16-7-6-8-18(13-16)28-4/h6-13,19H,5,14H2,1-4H3,(H,23,26)(H,24,25). The first kappa shape index (κ1) is 21.3. The van der Waals surface area contributed by atoms with E-state index in [1.807, 2.05) is 31.2 Å². The van der Waals surface area contributed by atoms with Gasteiger partial charge >= 0.3 is 5.97 Å². The summed E-state index contributed by atoms with van der Waals surface area (Å²) >= 11 is 0. The molecule has 0 fully saturated rings. The predicted octanol–water partition coefficient (Wildman–Crippen LogP) is 3.70. The number of carboxylic acid groups (broad SMARTS) is 1. The maximum absolute atomic E-state index is 13.1. The highest BCUT2D eigenvalue weighted by molar-refractivity contribution is 5.85. The lowest BCUT2D eigenvalue weighted by molar-refractivity contribution is -0.139. The molecule has 0 aliphatic heterocycles. The lowest BCUT2D eigenvalue weighted by Gasteiger charge is -2.32. The Hall–Kier alpha value is -3.02. The van der Waals surface area contributed by atoms with Crippen molar-refractivity contribution in [1.29, 1.82) is 0 Å². The number of carbonyl (C=O) groups excluding carboxylic acids is 1. The monoisotopic (exact) mass is 385 g/mol. The van der Waals surface area contributed by atoms with Gasteiger partial charge in [0.15, 0.2) is 0 Å². The number of hydrogen-bond acceptors (Lipinski definition) is 4. The van der Waals surface area contributed by atoms with Crippen molar-refractivity contribution in [2.75, 3.05) is 14.2 Å². The van der Waals surface area contributed by atoms with E-state index in [-0.39, 0.29) is 12.3 Å². The summed E-state index contributed by atoms with van der Waals surface area (Å²) in [7, 11) is 3.13. The van der Waals surface area contributed by atoms with Gasteiger partial charge in [-0.2, -0.15) is 0 Å². The number of aliphatic carboxylic acids is 1. The van der Waals surface area contributed by atoms with Gasteiger partial charge < -0.3 is 19.9 Å². The van der Waals surface area contributed by atoms with Crippen LogP contribution in [-0.2, 0) is 15.1 Å². The Morgan fingerprint density at radius 2 is 1.71 bits per heavy atom. The fraction of sp³-hybridized carbons (Fsp3) is 0.364. The summed E-state index contributed by atoms with van der Waals surface area (Å²) in [5.74, 6) is -0.302. The Balaban J connectivity index is 2.33. The minimum absolute atomic E-state index is 0.223. The van der Waals surface area contributed by atoms with Crippen LogP contribution >= 0.6 is 0 Å². The van der Waals surface area contributed by atoms with Crippen molar-refractivity contribution < 1.29 is 24.2 Å². The third-order valence-electron chi connectivity index (χ3n) is 4.85. The number of benzene rings is 2. The topological polar surface area (TPSA) is 84.9 Å². The van der Waals surface area contributed by atoms with E-state index in [1.54, 1.807) is 45.4 Å². The molecule has 0 aromatic heterocycles. The Morgan fingerprint density at radius 1 is 1.07 bits per heavy atom. The van der Waals surface area contributed by atoms with Crippen LogP contribution in [0.1, 0.15) is 43.7 Å². The molecule has 2 aromatic carbocycles. The molecule has 6 nitrogen and oxygen atoms in total. The van der Waals surface area contributed by atoms with E-state index in [9.17, 15) is 14.7 Å². The number of methoxy groups -OCH3 is 2. The smallest absolute Gasteiger partial charge is 0.306 e. The van der Waals surface area contributed by atoms with E-state index in [0.29, 0.717) is 23.5 Å². The first-order valence-electron chi connectivity index (χ1n) is 9.15. The van der Waals surface area contributed by atoms with Gasteiger partial charge in [-0.15, -0.1) is 0 Å². The molecule has 0 aliphatic rings. The van der Waals surface area contributed by atoms with Gasteiger partial charge in [-0.1, -0.05) is 31.2 Å². The van der Waals surface area contributed by atoms with Gasteiger partial charge in [-0.05, 0) is 48.7 Å². The summed E-state index contributed by atoms with van der Waals surface area (Å²) in [6, 6.07) is 14.4. The van der Waals surface area contributed by atoms with Gasteiger partial charge in [0.1, 0.15) is 11.5 Å². The average molecular weight is 385 g/mol. The number of nitrogens with one attached hydrogen (secondary N) is 1. The highest BCUT2D eigenvalue weighted by Gasteiger charge is 2.34. The Morgan fingerprint density at radius 3 is 2.25 bits per heavy atom. The van der Waals surface area contributed by atoms with E-state index >= 15 is 0 Å². The first-order chi connectivity index (χ1) is 13.3. The Kier molecular flexibility index (Phi) is 7.04. The first-order valence-corrected chi connectivity index (χ1v) is 9.15. The molecule has 2 unspecified atom stereocenters. The second kappa shape index (κ2) is 9.26. The lowest BCUT2D eigenvalue weighted by atomic mass is 9.86. The molecule has 2 atom stereocenters.